The predicted molar refractivity (Wildman–Crippen MR) is 84.8 cm³/mol. The summed E-state index contributed by atoms with van der Waals surface area (Å²) in [4.78, 5) is 4.50. The zero-order chi connectivity index (χ0) is 15.0. The summed E-state index contributed by atoms with van der Waals surface area (Å²) in [6, 6.07) is 9.16. The Bertz CT molecular complexity index is 811. The van der Waals surface area contributed by atoms with Gasteiger partial charge in [0.25, 0.3) is 0 Å². The molecule has 3 aromatic rings. The average molecular weight is 303 g/mol. The number of nitrogen functional groups attached to an aromatic ring is 1. The summed E-state index contributed by atoms with van der Waals surface area (Å²) in [6.07, 6.45) is 0.833. The standard InChI is InChI=1S/C16H15ClN2O2/c1-3-9-6-11(18)8-13-15(9)21-16(19-13)10-4-5-14(20-2)12(17)7-10/h4-8H,3,18H2,1-2H3. The average Bonchev–Trinajstić information content (AvgIpc) is 2.90. The van der Waals surface area contributed by atoms with E-state index in [2.05, 4.69) is 11.9 Å². The number of nitrogens with zero attached hydrogens (tertiary/aromatic N) is 1. The number of anilines is 1. The smallest absolute Gasteiger partial charge is 0.227 e. The molecule has 1 heterocycles. The number of hydrogen-bond donors (Lipinski definition) is 1. The maximum absolute atomic E-state index is 6.15. The van der Waals surface area contributed by atoms with Crippen LogP contribution >= 0.6 is 11.6 Å². The number of fused-ring (bicyclic) bond motifs is 1. The van der Waals surface area contributed by atoms with Gasteiger partial charge < -0.3 is 14.9 Å². The van der Waals surface area contributed by atoms with Gasteiger partial charge in [-0.25, -0.2) is 4.98 Å². The van der Waals surface area contributed by atoms with Gasteiger partial charge in [0.2, 0.25) is 5.89 Å². The molecule has 2 aromatic carbocycles. The van der Waals surface area contributed by atoms with Gasteiger partial charge in [-0.1, -0.05) is 18.5 Å². The normalized spacial score (nSPS) is 11.0. The number of methoxy groups -OCH3 is 1. The van der Waals surface area contributed by atoms with Crippen LogP contribution in [-0.2, 0) is 6.42 Å². The first kappa shape index (κ1) is 13.8. The molecule has 0 bridgehead atoms. The van der Waals surface area contributed by atoms with Gasteiger partial charge in [0, 0.05) is 11.3 Å². The number of nitrogens with two attached hydrogens (primary N) is 1. The first-order chi connectivity index (χ1) is 10.1. The van der Waals surface area contributed by atoms with Gasteiger partial charge in [0.1, 0.15) is 11.3 Å². The molecule has 0 saturated carbocycles. The molecule has 1 aromatic heterocycles. The van der Waals surface area contributed by atoms with Crippen LogP contribution in [0, 0.1) is 0 Å². The molecule has 5 heteroatoms. The fourth-order valence-corrected chi connectivity index (χ4v) is 2.57. The van der Waals surface area contributed by atoms with Crippen molar-refractivity contribution in [3.63, 3.8) is 0 Å². The van der Waals surface area contributed by atoms with Gasteiger partial charge in [-0.05, 0) is 42.3 Å². The quantitative estimate of drug-likeness (QED) is 0.733. The molecule has 0 unspecified atom stereocenters. The van der Waals surface area contributed by atoms with Crippen LogP contribution in [0.2, 0.25) is 5.02 Å². The topological polar surface area (TPSA) is 61.3 Å². The molecule has 0 aliphatic rings. The highest BCUT2D eigenvalue weighted by Crippen LogP contribution is 2.33. The molecule has 0 aliphatic carbocycles. The Morgan fingerprint density at radius 2 is 2.10 bits per heavy atom. The Labute approximate surface area is 127 Å². The molecule has 0 aliphatic heterocycles. The van der Waals surface area contributed by atoms with E-state index in [1.165, 1.54) is 0 Å². The number of rotatable bonds is 3. The molecule has 0 saturated heterocycles. The van der Waals surface area contributed by atoms with E-state index in [1.54, 1.807) is 19.2 Å². The lowest BCUT2D eigenvalue weighted by molar-refractivity contribution is 0.415. The van der Waals surface area contributed by atoms with Crippen molar-refractivity contribution >= 4 is 28.4 Å². The van der Waals surface area contributed by atoms with Gasteiger partial charge >= 0.3 is 0 Å². The van der Waals surface area contributed by atoms with Crippen molar-refractivity contribution in [1.82, 2.24) is 4.98 Å². The largest absolute Gasteiger partial charge is 0.495 e. The molecule has 2 N–H and O–H groups in total. The molecule has 0 spiro atoms. The van der Waals surface area contributed by atoms with Crippen molar-refractivity contribution in [3.05, 3.63) is 40.9 Å². The minimum absolute atomic E-state index is 0.521. The van der Waals surface area contributed by atoms with E-state index in [1.807, 2.05) is 18.2 Å². The van der Waals surface area contributed by atoms with Crippen LogP contribution in [0.25, 0.3) is 22.6 Å². The summed E-state index contributed by atoms with van der Waals surface area (Å²) in [7, 11) is 1.58. The van der Waals surface area contributed by atoms with E-state index in [9.17, 15) is 0 Å². The Balaban J connectivity index is 2.15. The zero-order valence-electron chi connectivity index (χ0n) is 11.8. The number of aromatic nitrogens is 1. The number of benzene rings is 2. The van der Waals surface area contributed by atoms with Gasteiger partial charge in [-0.3, -0.25) is 0 Å². The monoisotopic (exact) mass is 302 g/mol. The minimum Gasteiger partial charge on any atom is -0.495 e. The van der Waals surface area contributed by atoms with Crippen molar-refractivity contribution in [3.8, 4) is 17.2 Å². The van der Waals surface area contributed by atoms with E-state index < -0.39 is 0 Å². The van der Waals surface area contributed by atoms with E-state index >= 15 is 0 Å². The molecule has 3 rings (SSSR count). The summed E-state index contributed by atoms with van der Waals surface area (Å²) in [6.45, 7) is 2.06. The molecule has 21 heavy (non-hydrogen) atoms. The van der Waals surface area contributed by atoms with Crippen LogP contribution in [0.4, 0.5) is 5.69 Å². The van der Waals surface area contributed by atoms with Crippen molar-refractivity contribution in [2.24, 2.45) is 0 Å². The highest BCUT2D eigenvalue weighted by molar-refractivity contribution is 6.32. The van der Waals surface area contributed by atoms with Crippen molar-refractivity contribution in [2.75, 3.05) is 12.8 Å². The van der Waals surface area contributed by atoms with Crippen LogP contribution in [0.3, 0.4) is 0 Å². The molecule has 108 valence electrons. The number of halogens is 1. The predicted octanol–water partition coefficient (Wildman–Crippen LogP) is 4.30. The lowest BCUT2D eigenvalue weighted by atomic mass is 10.1. The maximum Gasteiger partial charge on any atom is 0.227 e. The maximum atomic E-state index is 6.15. The Kier molecular flexibility index (Phi) is 3.47. The van der Waals surface area contributed by atoms with Crippen LogP contribution in [0.5, 0.6) is 5.75 Å². The number of ether oxygens (including phenoxy) is 1. The number of aryl methyl sites for hydroxylation is 1. The second-order valence-electron chi connectivity index (χ2n) is 4.75. The van der Waals surface area contributed by atoms with Crippen molar-refractivity contribution in [2.45, 2.75) is 13.3 Å². The van der Waals surface area contributed by atoms with Crippen LogP contribution in [0.1, 0.15) is 12.5 Å². The molecule has 0 fully saturated rings. The third kappa shape index (κ3) is 2.43. The van der Waals surface area contributed by atoms with E-state index in [4.69, 9.17) is 26.5 Å². The lowest BCUT2D eigenvalue weighted by Crippen LogP contribution is -1.88. The van der Waals surface area contributed by atoms with Crippen LogP contribution in [0.15, 0.2) is 34.7 Å². The summed E-state index contributed by atoms with van der Waals surface area (Å²) >= 11 is 6.15. The highest BCUT2D eigenvalue weighted by Gasteiger charge is 2.13. The third-order valence-electron chi connectivity index (χ3n) is 3.37. The van der Waals surface area contributed by atoms with E-state index in [0.29, 0.717) is 22.4 Å². The van der Waals surface area contributed by atoms with Gasteiger partial charge in [0.15, 0.2) is 5.58 Å². The second-order valence-corrected chi connectivity index (χ2v) is 5.16. The summed E-state index contributed by atoms with van der Waals surface area (Å²) in [5.74, 6) is 1.14. The zero-order valence-corrected chi connectivity index (χ0v) is 12.6. The van der Waals surface area contributed by atoms with Crippen LogP contribution < -0.4 is 10.5 Å². The molecule has 0 atom stereocenters. The molecular formula is C16H15ClN2O2. The third-order valence-corrected chi connectivity index (χ3v) is 3.66. The summed E-state index contributed by atoms with van der Waals surface area (Å²) in [5, 5.41) is 0.521. The Hall–Kier alpha value is -2.20. The summed E-state index contributed by atoms with van der Waals surface area (Å²) in [5.41, 5.74) is 9.96. The molecule has 0 radical (unpaired) electrons. The fraction of sp³-hybridized carbons (Fsp3) is 0.188. The minimum atomic E-state index is 0.521. The van der Waals surface area contributed by atoms with Crippen LogP contribution in [-0.4, -0.2) is 12.1 Å². The highest BCUT2D eigenvalue weighted by atomic mass is 35.5. The molecule has 4 nitrogen and oxygen atoms in total. The van der Waals surface area contributed by atoms with E-state index in [-0.39, 0.29) is 0 Å². The SMILES string of the molecule is CCc1cc(N)cc2nc(-c3ccc(OC)c(Cl)c3)oc12. The Morgan fingerprint density at radius 1 is 1.29 bits per heavy atom. The molecular weight excluding hydrogens is 288 g/mol. The van der Waals surface area contributed by atoms with Crippen molar-refractivity contribution < 1.29 is 9.15 Å². The first-order valence-corrected chi connectivity index (χ1v) is 7.03. The van der Waals surface area contributed by atoms with Gasteiger partial charge in [-0.15, -0.1) is 0 Å². The fourth-order valence-electron chi connectivity index (χ4n) is 2.31. The summed E-state index contributed by atoms with van der Waals surface area (Å²) < 4.78 is 11.0. The second kappa shape index (κ2) is 5.30. The van der Waals surface area contributed by atoms with Gasteiger partial charge in [0.05, 0.1) is 12.1 Å². The molecule has 0 amide bonds. The van der Waals surface area contributed by atoms with E-state index in [0.717, 1.165) is 28.6 Å². The Morgan fingerprint density at radius 3 is 2.76 bits per heavy atom. The lowest BCUT2D eigenvalue weighted by Gasteiger charge is -2.03. The van der Waals surface area contributed by atoms with Crippen molar-refractivity contribution in [1.29, 1.82) is 0 Å². The number of hydrogen-bond acceptors (Lipinski definition) is 4. The first-order valence-electron chi connectivity index (χ1n) is 6.65. The number of oxazole rings is 1. The van der Waals surface area contributed by atoms with Gasteiger partial charge in [-0.2, -0.15) is 0 Å².